The number of quaternary nitrogens is 2. The number of fused-ring (bicyclic) bond motifs is 1. The first kappa shape index (κ1) is 19.0. The number of allylic oxidation sites excluding steroid dienone is 1. The van der Waals surface area contributed by atoms with Gasteiger partial charge in [0.25, 0.3) is 0 Å². The summed E-state index contributed by atoms with van der Waals surface area (Å²) in [6.07, 6.45) is 7.28. The van der Waals surface area contributed by atoms with E-state index < -0.39 is 17.5 Å². The van der Waals surface area contributed by atoms with Gasteiger partial charge in [0, 0.05) is 29.5 Å². The molecule has 8 heteroatoms. The lowest BCUT2D eigenvalue weighted by atomic mass is 10.1. The van der Waals surface area contributed by atoms with Crippen molar-refractivity contribution in [3.8, 4) is 11.3 Å². The van der Waals surface area contributed by atoms with Gasteiger partial charge >= 0.3 is 5.91 Å². The van der Waals surface area contributed by atoms with E-state index in [0.717, 1.165) is 16.8 Å². The van der Waals surface area contributed by atoms with E-state index in [2.05, 4.69) is 10.1 Å². The van der Waals surface area contributed by atoms with Crippen molar-refractivity contribution >= 4 is 29.0 Å². The van der Waals surface area contributed by atoms with Crippen LogP contribution in [-0.2, 0) is 0 Å². The van der Waals surface area contributed by atoms with Crippen molar-refractivity contribution in [3.63, 3.8) is 0 Å². The van der Waals surface area contributed by atoms with Crippen molar-refractivity contribution in [3.05, 3.63) is 96.0 Å². The van der Waals surface area contributed by atoms with Gasteiger partial charge < -0.3 is 0 Å². The molecule has 0 saturated carbocycles. The van der Waals surface area contributed by atoms with Gasteiger partial charge in [-0.2, -0.15) is 5.43 Å². The standard InChI is InChI=1S/C23H15F2N5O/c24-17-3-5-18(6-4-17)29-23(31)19-7-1-14(9-20(19)25)21-12-26-22-8-2-15(13-30(21)22)16-10-27-28-11-16/h1-13H,(H,27,28)(H,29,31)/p+2. The molecular formula is C23H17F2N5O+2. The molecule has 0 radical (unpaired) electrons. The lowest BCUT2D eigenvalue weighted by molar-refractivity contribution is -0.589. The van der Waals surface area contributed by atoms with Crippen LogP contribution in [0.1, 0.15) is 15.9 Å². The molecule has 2 aromatic carbocycles. The number of rotatable bonds is 4. The monoisotopic (exact) mass is 417 g/mol. The van der Waals surface area contributed by atoms with Crippen molar-refractivity contribution in [2.24, 2.45) is 5.10 Å². The Hall–Kier alpha value is -4.01. The average molecular weight is 417 g/mol. The zero-order valence-electron chi connectivity index (χ0n) is 16.2. The minimum Gasteiger partial charge on any atom is -0.299 e. The van der Waals surface area contributed by atoms with E-state index in [-0.39, 0.29) is 5.56 Å². The summed E-state index contributed by atoms with van der Waals surface area (Å²) in [6.45, 7) is 0. The fraction of sp³-hybridized carbons (Fsp3) is 0. The summed E-state index contributed by atoms with van der Waals surface area (Å²) >= 11 is 0. The number of carbonyl (C=O) groups excluding carboxylic acids is 1. The first-order valence-corrected chi connectivity index (χ1v) is 9.57. The molecule has 6 nitrogen and oxygen atoms in total. The summed E-state index contributed by atoms with van der Waals surface area (Å²) in [4.78, 5) is 16.9. The van der Waals surface area contributed by atoms with Crippen LogP contribution in [0, 0.1) is 11.6 Å². The summed E-state index contributed by atoms with van der Waals surface area (Å²) in [5.41, 5.74) is 6.15. The van der Waals surface area contributed by atoms with E-state index in [0.29, 0.717) is 16.9 Å². The van der Waals surface area contributed by atoms with Crippen molar-refractivity contribution in [1.82, 2.24) is 9.38 Å². The number of primary amides is 1. The van der Waals surface area contributed by atoms with Crippen molar-refractivity contribution < 1.29 is 24.3 Å². The maximum Gasteiger partial charge on any atom is 0.350 e. The molecule has 5 rings (SSSR count). The van der Waals surface area contributed by atoms with Crippen LogP contribution in [0.5, 0.6) is 0 Å². The topological polar surface area (TPSA) is 79.9 Å². The van der Waals surface area contributed by atoms with Crippen LogP contribution in [0.25, 0.3) is 22.5 Å². The first-order valence-electron chi connectivity index (χ1n) is 9.57. The number of imidazole rings is 1. The van der Waals surface area contributed by atoms with E-state index in [1.165, 1.54) is 41.7 Å². The SMILES string of the molecule is O=C([NH2+]c1ccc(F)cc1)c1ccc(-c2cnc3ccc(C4=C[NH2+]N=C4)cn23)cc1F. The number of hydrogen-bond acceptors (Lipinski definition) is 3. The van der Waals surface area contributed by atoms with Gasteiger partial charge in [-0.15, -0.1) is 0 Å². The number of aromatic nitrogens is 2. The predicted molar refractivity (Wildman–Crippen MR) is 111 cm³/mol. The van der Waals surface area contributed by atoms with Crippen LogP contribution < -0.4 is 10.7 Å². The number of nitrogens with zero attached hydrogens (tertiary/aromatic N) is 3. The molecule has 4 aromatic rings. The van der Waals surface area contributed by atoms with Gasteiger partial charge in [-0.25, -0.2) is 23.9 Å². The number of halogens is 2. The molecule has 1 aliphatic rings. The van der Waals surface area contributed by atoms with Gasteiger partial charge in [-0.3, -0.25) is 4.40 Å². The third-order valence-electron chi connectivity index (χ3n) is 5.09. The highest BCUT2D eigenvalue weighted by molar-refractivity contribution is 6.09. The number of carbonyl (C=O) groups is 1. The highest BCUT2D eigenvalue weighted by atomic mass is 19.1. The molecule has 31 heavy (non-hydrogen) atoms. The molecule has 4 N–H and O–H groups in total. The van der Waals surface area contributed by atoms with E-state index in [9.17, 15) is 13.6 Å². The molecule has 1 aliphatic heterocycles. The third kappa shape index (κ3) is 3.65. The highest BCUT2D eigenvalue weighted by Crippen LogP contribution is 2.25. The molecule has 0 atom stereocenters. The van der Waals surface area contributed by atoms with E-state index in [1.54, 1.807) is 23.9 Å². The second kappa shape index (κ2) is 7.67. The van der Waals surface area contributed by atoms with Crippen LogP contribution in [-0.4, -0.2) is 21.5 Å². The minimum absolute atomic E-state index is 0.0505. The van der Waals surface area contributed by atoms with Crippen LogP contribution in [0.2, 0.25) is 0 Å². The number of benzene rings is 2. The Kier molecular flexibility index (Phi) is 4.70. The zero-order valence-corrected chi connectivity index (χ0v) is 16.2. The van der Waals surface area contributed by atoms with Crippen LogP contribution >= 0.6 is 0 Å². The first-order chi connectivity index (χ1) is 15.1. The molecule has 1 amide bonds. The highest BCUT2D eigenvalue weighted by Gasteiger charge is 2.19. The summed E-state index contributed by atoms with van der Waals surface area (Å²) < 4.78 is 29.7. The number of hydrogen-bond donors (Lipinski definition) is 2. The fourth-order valence-corrected chi connectivity index (χ4v) is 3.49. The Bertz CT molecular complexity index is 1370. The molecular weight excluding hydrogens is 400 g/mol. The number of nitrogens with two attached hydrogens (primary N) is 2. The lowest BCUT2D eigenvalue weighted by Gasteiger charge is -2.06. The summed E-state index contributed by atoms with van der Waals surface area (Å²) in [7, 11) is 0. The van der Waals surface area contributed by atoms with Gasteiger partial charge in [-0.1, -0.05) is 11.2 Å². The summed E-state index contributed by atoms with van der Waals surface area (Å²) in [5, 5.41) is 5.37. The molecule has 0 saturated heterocycles. The predicted octanol–water partition coefficient (Wildman–Crippen LogP) is 2.22. The molecule has 0 spiro atoms. The molecule has 3 heterocycles. The minimum atomic E-state index is -0.632. The Balaban J connectivity index is 1.46. The molecule has 2 aromatic heterocycles. The van der Waals surface area contributed by atoms with Gasteiger partial charge in [0.2, 0.25) is 0 Å². The normalized spacial score (nSPS) is 13.0. The molecule has 0 aliphatic carbocycles. The van der Waals surface area contributed by atoms with E-state index in [4.69, 9.17) is 0 Å². The molecule has 0 fully saturated rings. The van der Waals surface area contributed by atoms with Crippen LogP contribution in [0.15, 0.2) is 78.3 Å². The zero-order chi connectivity index (χ0) is 21.4. The second-order valence-corrected chi connectivity index (χ2v) is 7.09. The van der Waals surface area contributed by atoms with E-state index in [1.807, 2.05) is 28.9 Å². The van der Waals surface area contributed by atoms with Crippen molar-refractivity contribution in [2.75, 3.05) is 0 Å². The quantitative estimate of drug-likeness (QED) is 0.395. The van der Waals surface area contributed by atoms with Gasteiger partial charge in [-0.05, 0) is 36.4 Å². The summed E-state index contributed by atoms with van der Waals surface area (Å²) in [5.74, 6) is -1.52. The van der Waals surface area contributed by atoms with Gasteiger partial charge in [0.15, 0.2) is 0 Å². The number of amides is 1. The fourth-order valence-electron chi connectivity index (χ4n) is 3.49. The molecule has 0 unspecified atom stereocenters. The van der Waals surface area contributed by atoms with Gasteiger partial charge in [0.05, 0.1) is 23.7 Å². The van der Waals surface area contributed by atoms with Gasteiger partial charge in [0.1, 0.15) is 34.7 Å². The molecule has 152 valence electrons. The average Bonchev–Trinajstić information content (AvgIpc) is 3.45. The van der Waals surface area contributed by atoms with E-state index >= 15 is 0 Å². The number of pyridine rings is 1. The lowest BCUT2D eigenvalue weighted by Crippen LogP contribution is -2.82. The van der Waals surface area contributed by atoms with Crippen molar-refractivity contribution in [2.45, 2.75) is 0 Å². The third-order valence-corrected chi connectivity index (χ3v) is 5.09. The second-order valence-electron chi connectivity index (χ2n) is 7.09. The van der Waals surface area contributed by atoms with Crippen LogP contribution in [0.4, 0.5) is 14.5 Å². The van der Waals surface area contributed by atoms with Crippen LogP contribution in [0.3, 0.4) is 0 Å². The maximum absolute atomic E-state index is 14.8. The molecule has 0 bridgehead atoms. The Labute approximate surface area is 175 Å². The Morgan fingerprint density at radius 2 is 1.81 bits per heavy atom. The Morgan fingerprint density at radius 1 is 1.00 bits per heavy atom. The summed E-state index contributed by atoms with van der Waals surface area (Å²) in [6, 6.07) is 13.8. The maximum atomic E-state index is 14.8. The Morgan fingerprint density at radius 3 is 2.55 bits per heavy atom. The smallest absolute Gasteiger partial charge is 0.299 e. The van der Waals surface area contributed by atoms with Crippen molar-refractivity contribution in [1.29, 1.82) is 0 Å². The largest absolute Gasteiger partial charge is 0.350 e.